The molecule has 0 unspecified atom stereocenters. The minimum Gasteiger partial charge on any atom is -0.468 e. The lowest BCUT2D eigenvalue weighted by Crippen LogP contribution is -2.26. The van der Waals surface area contributed by atoms with Crippen molar-refractivity contribution in [1.82, 2.24) is 0 Å². The third kappa shape index (κ3) is 3.09. The van der Waals surface area contributed by atoms with Gasteiger partial charge in [-0.25, -0.2) is 0 Å². The highest BCUT2D eigenvalue weighted by molar-refractivity contribution is 6.18. The van der Waals surface area contributed by atoms with Gasteiger partial charge >= 0.3 is 11.9 Å². The Hall–Kier alpha value is -0.770. The normalized spacial score (nSPS) is 9.67. The average molecular weight is 195 g/mol. The number of carbonyl (C=O) groups excluding carboxylic acids is 2. The van der Waals surface area contributed by atoms with E-state index in [0.29, 0.717) is 0 Å². The van der Waals surface area contributed by atoms with E-state index in [1.54, 1.807) is 0 Å². The van der Waals surface area contributed by atoms with Crippen LogP contribution in [0.5, 0.6) is 0 Å². The van der Waals surface area contributed by atoms with E-state index in [1.165, 1.54) is 14.2 Å². The lowest BCUT2D eigenvalue weighted by atomic mass is 10.1. The highest BCUT2D eigenvalue weighted by Gasteiger charge is 2.27. The molecule has 0 atom stereocenters. The molecule has 0 heterocycles. The van der Waals surface area contributed by atoms with Gasteiger partial charge in [0.1, 0.15) is 0 Å². The molecule has 0 spiro atoms. The van der Waals surface area contributed by atoms with Crippen LogP contribution < -0.4 is 0 Å². The van der Waals surface area contributed by atoms with Gasteiger partial charge in [-0.05, 0) is 6.42 Å². The number of rotatable bonds is 4. The van der Waals surface area contributed by atoms with E-state index in [4.69, 9.17) is 11.6 Å². The molecule has 5 heteroatoms. The first kappa shape index (κ1) is 11.2. The van der Waals surface area contributed by atoms with Gasteiger partial charge in [0.15, 0.2) is 5.92 Å². The number of esters is 2. The molecule has 0 aliphatic carbocycles. The predicted octanol–water partition coefficient (Wildman–Crippen LogP) is 0.577. The summed E-state index contributed by atoms with van der Waals surface area (Å²) >= 11 is 5.38. The Morgan fingerprint density at radius 3 is 1.92 bits per heavy atom. The van der Waals surface area contributed by atoms with Gasteiger partial charge < -0.3 is 9.47 Å². The van der Waals surface area contributed by atoms with Gasteiger partial charge in [-0.2, -0.15) is 0 Å². The molecule has 0 amide bonds. The summed E-state index contributed by atoms with van der Waals surface area (Å²) in [4.78, 5) is 21.8. The number of methoxy groups -OCH3 is 2. The fourth-order valence-electron chi connectivity index (χ4n) is 0.726. The molecular weight excluding hydrogens is 184 g/mol. The molecule has 0 radical (unpaired) electrons. The van der Waals surface area contributed by atoms with Crippen LogP contribution in [0.3, 0.4) is 0 Å². The number of hydrogen-bond acceptors (Lipinski definition) is 4. The summed E-state index contributed by atoms with van der Waals surface area (Å²) in [6, 6.07) is 0. The molecular formula is C7H11ClO4. The second kappa shape index (κ2) is 5.83. The largest absolute Gasteiger partial charge is 0.468 e. The van der Waals surface area contributed by atoms with Crippen LogP contribution in [0.4, 0.5) is 0 Å². The van der Waals surface area contributed by atoms with Crippen molar-refractivity contribution in [2.24, 2.45) is 5.92 Å². The molecule has 0 aromatic carbocycles. The maximum absolute atomic E-state index is 10.9. The van der Waals surface area contributed by atoms with Crippen LogP contribution in [0.25, 0.3) is 0 Å². The zero-order valence-electron chi connectivity index (χ0n) is 7.00. The fraction of sp³-hybridized carbons (Fsp3) is 0.714. The second-order valence-corrected chi connectivity index (χ2v) is 2.45. The highest BCUT2D eigenvalue weighted by Crippen LogP contribution is 2.08. The molecule has 0 fully saturated rings. The van der Waals surface area contributed by atoms with Crippen molar-refractivity contribution in [1.29, 1.82) is 0 Å². The van der Waals surface area contributed by atoms with Crippen LogP contribution in [-0.4, -0.2) is 32.0 Å². The predicted molar refractivity (Wildman–Crippen MR) is 42.9 cm³/mol. The zero-order valence-corrected chi connectivity index (χ0v) is 7.76. The molecule has 0 aromatic rings. The minimum atomic E-state index is -0.891. The van der Waals surface area contributed by atoms with Gasteiger partial charge in [-0.15, -0.1) is 11.6 Å². The maximum atomic E-state index is 10.9. The number of carbonyl (C=O) groups is 2. The first-order valence-electron chi connectivity index (χ1n) is 3.39. The van der Waals surface area contributed by atoms with Crippen molar-refractivity contribution < 1.29 is 19.1 Å². The first-order chi connectivity index (χ1) is 5.67. The Morgan fingerprint density at radius 2 is 1.67 bits per heavy atom. The molecule has 0 aromatic heterocycles. The van der Waals surface area contributed by atoms with Gasteiger partial charge in [0.25, 0.3) is 0 Å². The van der Waals surface area contributed by atoms with Crippen LogP contribution in [0.1, 0.15) is 6.42 Å². The molecule has 4 nitrogen and oxygen atoms in total. The van der Waals surface area contributed by atoms with E-state index in [-0.39, 0.29) is 12.3 Å². The van der Waals surface area contributed by atoms with Crippen molar-refractivity contribution in [3.05, 3.63) is 0 Å². The minimum absolute atomic E-state index is 0.217. The van der Waals surface area contributed by atoms with Crippen LogP contribution in [0.2, 0.25) is 0 Å². The quantitative estimate of drug-likeness (QED) is 0.373. The third-order valence-electron chi connectivity index (χ3n) is 1.37. The summed E-state index contributed by atoms with van der Waals surface area (Å²) in [5.74, 6) is -1.89. The van der Waals surface area contributed by atoms with E-state index in [9.17, 15) is 9.59 Å². The number of hydrogen-bond donors (Lipinski definition) is 0. The smallest absolute Gasteiger partial charge is 0.320 e. The highest BCUT2D eigenvalue weighted by atomic mass is 35.5. The van der Waals surface area contributed by atoms with E-state index in [0.717, 1.165) is 0 Å². The van der Waals surface area contributed by atoms with Crippen LogP contribution in [0, 0.1) is 5.92 Å². The summed E-state index contributed by atoms with van der Waals surface area (Å²) in [5.41, 5.74) is 0. The van der Waals surface area contributed by atoms with Crippen LogP contribution >= 0.6 is 11.6 Å². The van der Waals surface area contributed by atoms with E-state index < -0.39 is 17.9 Å². The Bertz CT molecular complexity index is 153. The summed E-state index contributed by atoms with van der Waals surface area (Å²) in [6.45, 7) is 0. The SMILES string of the molecule is COC(=O)C(CCCl)C(=O)OC. The first-order valence-corrected chi connectivity index (χ1v) is 3.92. The zero-order chi connectivity index (χ0) is 9.56. The average Bonchev–Trinajstić information content (AvgIpc) is 2.11. The van der Waals surface area contributed by atoms with Gasteiger partial charge in [0.2, 0.25) is 0 Å². The Kier molecular flexibility index (Phi) is 5.45. The molecule has 0 bridgehead atoms. The Labute approximate surface area is 75.8 Å². The molecule has 0 aliphatic rings. The molecule has 0 saturated carbocycles. The molecule has 0 aliphatic heterocycles. The van der Waals surface area contributed by atoms with Gasteiger partial charge in [0, 0.05) is 5.88 Å². The van der Waals surface area contributed by atoms with E-state index in [2.05, 4.69) is 9.47 Å². The Balaban J connectivity index is 4.21. The summed E-state index contributed by atoms with van der Waals surface area (Å²) < 4.78 is 8.78. The number of alkyl halides is 1. The topological polar surface area (TPSA) is 52.6 Å². The van der Waals surface area contributed by atoms with Crippen LogP contribution in [-0.2, 0) is 19.1 Å². The van der Waals surface area contributed by atoms with Crippen molar-refractivity contribution in [2.45, 2.75) is 6.42 Å². The summed E-state index contributed by atoms with van der Waals surface area (Å²) in [7, 11) is 2.43. The molecule has 0 saturated heterocycles. The van der Waals surface area contributed by atoms with Gasteiger partial charge in [0.05, 0.1) is 14.2 Å². The van der Waals surface area contributed by atoms with Crippen molar-refractivity contribution >= 4 is 23.5 Å². The number of halogens is 1. The standard InChI is InChI=1S/C7H11ClO4/c1-11-6(9)5(3-4-8)7(10)12-2/h5H,3-4H2,1-2H3. The summed E-state index contributed by atoms with van der Waals surface area (Å²) in [5, 5.41) is 0. The van der Waals surface area contributed by atoms with E-state index in [1.807, 2.05) is 0 Å². The monoisotopic (exact) mass is 194 g/mol. The Morgan fingerprint density at radius 1 is 1.25 bits per heavy atom. The van der Waals surface area contributed by atoms with Crippen LogP contribution in [0.15, 0.2) is 0 Å². The van der Waals surface area contributed by atoms with Crippen molar-refractivity contribution in [3.63, 3.8) is 0 Å². The fourth-order valence-corrected chi connectivity index (χ4v) is 0.944. The molecule has 12 heavy (non-hydrogen) atoms. The molecule has 0 rings (SSSR count). The summed E-state index contributed by atoms with van der Waals surface area (Å²) in [6.07, 6.45) is 0.237. The van der Waals surface area contributed by atoms with Gasteiger partial charge in [-0.1, -0.05) is 0 Å². The third-order valence-corrected chi connectivity index (χ3v) is 1.59. The number of ether oxygens (including phenoxy) is 2. The lowest BCUT2D eigenvalue weighted by Gasteiger charge is -2.09. The molecule has 0 N–H and O–H groups in total. The second-order valence-electron chi connectivity index (χ2n) is 2.08. The maximum Gasteiger partial charge on any atom is 0.320 e. The molecule has 70 valence electrons. The van der Waals surface area contributed by atoms with Gasteiger partial charge in [-0.3, -0.25) is 9.59 Å². The van der Waals surface area contributed by atoms with Crippen molar-refractivity contribution in [2.75, 3.05) is 20.1 Å². The van der Waals surface area contributed by atoms with E-state index >= 15 is 0 Å². The van der Waals surface area contributed by atoms with Crippen molar-refractivity contribution in [3.8, 4) is 0 Å². The lowest BCUT2D eigenvalue weighted by molar-refractivity contribution is -0.158.